The molecule has 7 heteroatoms. The Labute approximate surface area is 104 Å². The van der Waals surface area contributed by atoms with E-state index in [1.54, 1.807) is 0 Å². The number of halogens is 4. The van der Waals surface area contributed by atoms with E-state index >= 15 is 0 Å². The average Bonchev–Trinajstić information content (AvgIpc) is 2.65. The largest absolute Gasteiger partial charge is 0.464 e. The number of nitrogens with one attached hydrogen (secondary N) is 1. The molecule has 0 bridgehead atoms. The number of rotatable bonds is 1. The summed E-state index contributed by atoms with van der Waals surface area (Å²) in [7, 11) is 1.12. The van der Waals surface area contributed by atoms with Crippen LogP contribution in [0.3, 0.4) is 0 Å². The highest BCUT2D eigenvalue weighted by molar-refractivity contribution is 6.38. The first kappa shape index (κ1) is 12.8. The van der Waals surface area contributed by atoms with Crippen molar-refractivity contribution in [2.45, 2.75) is 6.18 Å². The Balaban J connectivity index is 2.76. The summed E-state index contributed by atoms with van der Waals surface area (Å²) in [4.78, 5) is 13.7. The van der Waals surface area contributed by atoms with Crippen LogP contribution in [0, 0.1) is 0 Å². The monoisotopic (exact) mass is 277 g/mol. The minimum atomic E-state index is -4.53. The van der Waals surface area contributed by atoms with Crippen LogP contribution < -0.4 is 0 Å². The second-order valence-corrected chi connectivity index (χ2v) is 3.91. The van der Waals surface area contributed by atoms with Crippen molar-refractivity contribution >= 4 is 28.5 Å². The molecule has 0 fully saturated rings. The summed E-state index contributed by atoms with van der Waals surface area (Å²) in [5.74, 6) is -0.815. The van der Waals surface area contributed by atoms with Gasteiger partial charge in [0.05, 0.1) is 23.2 Å². The van der Waals surface area contributed by atoms with E-state index in [4.69, 9.17) is 11.6 Å². The van der Waals surface area contributed by atoms with Crippen LogP contribution in [0.5, 0.6) is 0 Å². The highest BCUT2D eigenvalue weighted by Crippen LogP contribution is 2.37. The number of carbonyl (C=O) groups is 1. The number of alkyl halides is 3. The molecular weight excluding hydrogens is 271 g/mol. The molecule has 18 heavy (non-hydrogen) atoms. The molecule has 0 amide bonds. The van der Waals surface area contributed by atoms with Gasteiger partial charge in [0.2, 0.25) is 0 Å². The lowest BCUT2D eigenvalue weighted by Crippen LogP contribution is -2.06. The van der Waals surface area contributed by atoms with Crippen molar-refractivity contribution in [3.8, 4) is 0 Å². The molecule has 0 atom stereocenters. The predicted molar refractivity (Wildman–Crippen MR) is 59.7 cm³/mol. The average molecular weight is 278 g/mol. The highest BCUT2D eigenvalue weighted by atomic mass is 35.5. The predicted octanol–water partition coefficient (Wildman–Crippen LogP) is 3.63. The first-order chi connectivity index (χ1) is 8.36. The van der Waals surface area contributed by atoms with Crippen LogP contribution in [0.15, 0.2) is 18.2 Å². The first-order valence-electron chi connectivity index (χ1n) is 4.82. The van der Waals surface area contributed by atoms with Gasteiger partial charge < -0.3 is 9.72 Å². The molecule has 0 spiro atoms. The minimum absolute atomic E-state index is 0.0806. The van der Waals surface area contributed by atoms with Crippen molar-refractivity contribution in [2.24, 2.45) is 0 Å². The van der Waals surface area contributed by atoms with Gasteiger partial charge in [-0.15, -0.1) is 0 Å². The molecule has 1 aromatic carbocycles. The van der Waals surface area contributed by atoms with E-state index in [-0.39, 0.29) is 21.6 Å². The van der Waals surface area contributed by atoms with Gasteiger partial charge in [-0.25, -0.2) is 4.79 Å². The third-order valence-corrected chi connectivity index (χ3v) is 2.86. The number of fused-ring (bicyclic) bond motifs is 1. The third kappa shape index (κ3) is 1.92. The Morgan fingerprint density at radius 3 is 2.61 bits per heavy atom. The van der Waals surface area contributed by atoms with E-state index in [1.165, 1.54) is 12.1 Å². The van der Waals surface area contributed by atoms with Crippen molar-refractivity contribution in [3.63, 3.8) is 0 Å². The topological polar surface area (TPSA) is 42.1 Å². The fourth-order valence-electron chi connectivity index (χ4n) is 1.66. The Bertz CT molecular complexity index is 619. The summed E-state index contributed by atoms with van der Waals surface area (Å²) in [6.45, 7) is 0. The van der Waals surface area contributed by atoms with E-state index in [1.807, 2.05) is 0 Å². The lowest BCUT2D eigenvalue weighted by Gasteiger charge is -2.07. The van der Waals surface area contributed by atoms with Crippen molar-refractivity contribution in [1.82, 2.24) is 4.98 Å². The van der Waals surface area contributed by atoms with Crippen molar-refractivity contribution in [1.29, 1.82) is 0 Å². The fourth-order valence-corrected chi connectivity index (χ4v) is 1.95. The molecule has 0 unspecified atom stereocenters. The number of para-hydroxylation sites is 1. The van der Waals surface area contributed by atoms with Crippen molar-refractivity contribution < 1.29 is 22.7 Å². The van der Waals surface area contributed by atoms with Gasteiger partial charge in [0, 0.05) is 5.39 Å². The van der Waals surface area contributed by atoms with Gasteiger partial charge >= 0.3 is 12.1 Å². The van der Waals surface area contributed by atoms with Crippen LogP contribution >= 0.6 is 11.6 Å². The smallest absolute Gasteiger partial charge is 0.418 e. The lowest BCUT2D eigenvalue weighted by atomic mass is 10.1. The van der Waals surface area contributed by atoms with Gasteiger partial charge in [0.25, 0.3) is 0 Å². The van der Waals surface area contributed by atoms with Gasteiger partial charge in [0.1, 0.15) is 5.69 Å². The molecule has 0 aliphatic carbocycles. The SMILES string of the molecule is COC(=O)c1[nH]c2c(C(F)(F)F)cccc2c1Cl. The second-order valence-electron chi connectivity index (χ2n) is 3.53. The van der Waals surface area contributed by atoms with Crippen LogP contribution in [-0.2, 0) is 10.9 Å². The molecule has 0 saturated carbocycles. The lowest BCUT2D eigenvalue weighted by molar-refractivity contribution is -0.136. The molecule has 3 nitrogen and oxygen atoms in total. The van der Waals surface area contributed by atoms with Crippen molar-refractivity contribution in [3.05, 3.63) is 34.5 Å². The van der Waals surface area contributed by atoms with Crippen LogP contribution in [-0.4, -0.2) is 18.1 Å². The molecule has 0 aliphatic rings. The van der Waals surface area contributed by atoms with Crippen LogP contribution in [0.2, 0.25) is 5.02 Å². The number of aromatic nitrogens is 1. The number of esters is 1. The summed E-state index contributed by atoms with van der Waals surface area (Å²) in [6, 6.07) is 3.54. The molecule has 96 valence electrons. The minimum Gasteiger partial charge on any atom is -0.464 e. The van der Waals surface area contributed by atoms with Crippen molar-refractivity contribution in [2.75, 3.05) is 7.11 Å². The zero-order valence-corrected chi connectivity index (χ0v) is 9.82. The van der Waals surface area contributed by atoms with E-state index in [2.05, 4.69) is 9.72 Å². The second kappa shape index (κ2) is 4.20. The molecule has 1 heterocycles. The van der Waals surface area contributed by atoms with E-state index in [0.717, 1.165) is 13.2 Å². The maximum absolute atomic E-state index is 12.8. The maximum Gasteiger partial charge on any atom is 0.418 e. The standard InChI is InChI=1S/C11H7ClF3NO2/c1-18-10(17)9-7(12)5-3-2-4-6(8(5)16-9)11(13,14)15/h2-4,16H,1H3. The quantitative estimate of drug-likeness (QED) is 0.809. The number of methoxy groups -OCH3 is 1. The fraction of sp³-hybridized carbons (Fsp3) is 0.182. The summed E-state index contributed by atoms with van der Waals surface area (Å²) in [5, 5.41) is 0.0508. The highest BCUT2D eigenvalue weighted by Gasteiger charge is 2.34. The Morgan fingerprint density at radius 1 is 1.39 bits per heavy atom. The van der Waals surface area contributed by atoms with E-state index < -0.39 is 17.7 Å². The zero-order chi connectivity index (χ0) is 13.5. The van der Waals surface area contributed by atoms with Gasteiger partial charge in [0.15, 0.2) is 0 Å². The Morgan fingerprint density at radius 2 is 2.06 bits per heavy atom. The molecule has 0 saturated heterocycles. The van der Waals surface area contributed by atoms with Crippen LogP contribution in [0.1, 0.15) is 16.1 Å². The summed E-state index contributed by atoms with van der Waals surface area (Å²) in [6.07, 6.45) is -4.53. The van der Waals surface area contributed by atoms with Gasteiger partial charge in [-0.3, -0.25) is 0 Å². The number of H-pyrrole nitrogens is 1. The molecule has 1 aromatic heterocycles. The molecule has 2 rings (SSSR count). The van der Waals surface area contributed by atoms with Gasteiger partial charge in [-0.2, -0.15) is 13.2 Å². The molecule has 0 radical (unpaired) electrons. The third-order valence-electron chi connectivity index (χ3n) is 2.47. The van der Waals surface area contributed by atoms with Gasteiger partial charge in [-0.1, -0.05) is 23.7 Å². The molecular formula is C11H7ClF3NO2. The summed E-state index contributed by atoms with van der Waals surface area (Å²) >= 11 is 5.85. The van der Waals surface area contributed by atoms with E-state index in [0.29, 0.717) is 0 Å². The number of hydrogen-bond donors (Lipinski definition) is 1. The number of ether oxygens (including phenoxy) is 1. The number of carbonyl (C=O) groups excluding carboxylic acids is 1. The number of benzene rings is 1. The van der Waals surface area contributed by atoms with Crippen LogP contribution in [0.25, 0.3) is 10.9 Å². The summed E-state index contributed by atoms with van der Waals surface area (Å²) < 4.78 is 42.7. The first-order valence-corrected chi connectivity index (χ1v) is 5.19. The Kier molecular flexibility index (Phi) is 2.98. The summed E-state index contributed by atoms with van der Waals surface area (Å²) in [5.41, 5.74) is -1.29. The van der Waals surface area contributed by atoms with Gasteiger partial charge in [-0.05, 0) is 6.07 Å². The van der Waals surface area contributed by atoms with E-state index in [9.17, 15) is 18.0 Å². The normalized spacial score (nSPS) is 11.8. The maximum atomic E-state index is 12.8. The van der Waals surface area contributed by atoms with Crippen LogP contribution in [0.4, 0.5) is 13.2 Å². The molecule has 1 N–H and O–H groups in total. The molecule has 0 aliphatic heterocycles. The Hall–Kier alpha value is -1.69. The number of aromatic amines is 1. The molecule has 2 aromatic rings. The number of hydrogen-bond acceptors (Lipinski definition) is 2. The zero-order valence-electron chi connectivity index (χ0n) is 9.06.